The molecular formula is C6H6ClNO. The fourth-order valence-corrected chi connectivity index (χ4v) is 0.415. The molecule has 0 aromatic carbocycles. The third-order valence-corrected chi connectivity index (χ3v) is 0.841. The van der Waals surface area contributed by atoms with Gasteiger partial charge in [-0.15, -0.1) is 0 Å². The first-order valence-electron chi connectivity index (χ1n) is 2.21. The van der Waals surface area contributed by atoms with E-state index in [4.69, 9.17) is 11.6 Å². The van der Waals surface area contributed by atoms with E-state index in [9.17, 15) is 4.79 Å². The molecular weight excluding hydrogens is 138 g/mol. The molecule has 2 nitrogen and oxygen atoms in total. The Balaban J connectivity index is 4.32. The number of allylic oxidation sites excluding steroid dienone is 3. The molecule has 0 radical (unpaired) electrons. The highest BCUT2D eigenvalue weighted by Gasteiger charge is 1.98. The van der Waals surface area contributed by atoms with Crippen molar-refractivity contribution >= 4 is 23.6 Å². The number of carbonyl (C=O) groups is 1. The van der Waals surface area contributed by atoms with Crippen LogP contribution in [-0.2, 0) is 4.79 Å². The van der Waals surface area contributed by atoms with E-state index in [2.05, 4.69) is 18.3 Å². The molecule has 9 heavy (non-hydrogen) atoms. The summed E-state index contributed by atoms with van der Waals surface area (Å²) >= 11 is 5.03. The van der Waals surface area contributed by atoms with Gasteiger partial charge in [0.15, 0.2) is 0 Å². The summed E-state index contributed by atoms with van der Waals surface area (Å²) in [4.78, 5) is 13.6. The van der Waals surface area contributed by atoms with E-state index in [1.807, 2.05) is 0 Å². The van der Waals surface area contributed by atoms with Crippen LogP contribution < -0.4 is 0 Å². The second kappa shape index (κ2) is 4.04. The van der Waals surface area contributed by atoms with Crippen molar-refractivity contribution in [3.05, 3.63) is 24.4 Å². The van der Waals surface area contributed by atoms with Crippen molar-refractivity contribution in [3.8, 4) is 0 Å². The van der Waals surface area contributed by atoms with Gasteiger partial charge >= 0.3 is 0 Å². The van der Waals surface area contributed by atoms with Crippen LogP contribution in [0.4, 0.5) is 0 Å². The first kappa shape index (κ1) is 8.11. The van der Waals surface area contributed by atoms with E-state index in [0.717, 1.165) is 0 Å². The minimum atomic E-state index is -0.620. The molecule has 0 saturated carbocycles. The van der Waals surface area contributed by atoms with Crippen LogP contribution in [0.5, 0.6) is 0 Å². The van der Waals surface area contributed by atoms with Gasteiger partial charge < -0.3 is 0 Å². The molecule has 0 aliphatic rings. The highest BCUT2D eigenvalue weighted by Crippen LogP contribution is 2.00. The molecule has 0 aromatic heterocycles. The van der Waals surface area contributed by atoms with Gasteiger partial charge in [0.1, 0.15) is 5.70 Å². The standard InChI is InChI=1S/C6H6ClNO/c1-3-4-5(8-2)6(7)9/h3-4H,1-2H2/b5-4-. The monoisotopic (exact) mass is 143 g/mol. The summed E-state index contributed by atoms with van der Waals surface area (Å²) in [6.45, 7) is 6.49. The lowest BCUT2D eigenvalue weighted by molar-refractivity contribution is -0.108. The number of carbonyl (C=O) groups excluding carboxylic acids is 1. The average Bonchev–Trinajstić information content (AvgIpc) is 1.82. The van der Waals surface area contributed by atoms with Crippen LogP contribution in [-0.4, -0.2) is 12.0 Å². The molecule has 0 heterocycles. The maximum atomic E-state index is 10.3. The van der Waals surface area contributed by atoms with Crippen molar-refractivity contribution in [1.82, 2.24) is 0 Å². The van der Waals surface area contributed by atoms with Crippen LogP contribution in [0.15, 0.2) is 29.4 Å². The first-order chi connectivity index (χ1) is 4.22. The Morgan fingerprint density at radius 1 is 1.67 bits per heavy atom. The van der Waals surface area contributed by atoms with E-state index in [1.165, 1.54) is 12.2 Å². The summed E-state index contributed by atoms with van der Waals surface area (Å²) in [5.74, 6) is 0. The quantitative estimate of drug-likeness (QED) is 0.255. The zero-order valence-electron chi connectivity index (χ0n) is 4.80. The van der Waals surface area contributed by atoms with Gasteiger partial charge in [0.25, 0.3) is 5.24 Å². The average molecular weight is 144 g/mol. The summed E-state index contributed by atoms with van der Waals surface area (Å²) < 4.78 is 0. The van der Waals surface area contributed by atoms with Gasteiger partial charge in [-0.25, -0.2) is 0 Å². The third kappa shape index (κ3) is 2.82. The molecule has 0 unspecified atom stereocenters. The SMILES string of the molecule is C=C/C=C(\N=C)C(=O)Cl. The Hall–Kier alpha value is -0.890. The number of hydrogen-bond acceptors (Lipinski definition) is 2. The molecule has 0 saturated heterocycles. The van der Waals surface area contributed by atoms with Crippen molar-refractivity contribution in [2.24, 2.45) is 4.99 Å². The normalized spacial score (nSPS) is 10.6. The van der Waals surface area contributed by atoms with Gasteiger partial charge in [0.2, 0.25) is 0 Å². The third-order valence-electron chi connectivity index (χ3n) is 0.647. The summed E-state index contributed by atoms with van der Waals surface area (Å²) in [6, 6.07) is 0. The summed E-state index contributed by atoms with van der Waals surface area (Å²) in [6.07, 6.45) is 2.81. The number of aliphatic imine (C=N–C) groups is 1. The van der Waals surface area contributed by atoms with Gasteiger partial charge in [-0.1, -0.05) is 12.7 Å². The molecule has 0 amide bonds. The Labute approximate surface area is 58.5 Å². The molecule has 0 aliphatic heterocycles. The van der Waals surface area contributed by atoms with E-state index in [-0.39, 0.29) is 5.70 Å². The van der Waals surface area contributed by atoms with Crippen LogP contribution in [0.2, 0.25) is 0 Å². The molecule has 3 heteroatoms. The molecule has 0 rings (SSSR count). The largest absolute Gasteiger partial charge is 0.274 e. The maximum Gasteiger partial charge on any atom is 0.270 e. The molecule has 0 atom stereocenters. The smallest absolute Gasteiger partial charge is 0.270 e. The molecule has 48 valence electrons. The van der Waals surface area contributed by atoms with Crippen molar-refractivity contribution in [1.29, 1.82) is 0 Å². The van der Waals surface area contributed by atoms with Crippen molar-refractivity contribution in [3.63, 3.8) is 0 Å². The number of hydrogen-bond donors (Lipinski definition) is 0. The molecule has 0 aliphatic carbocycles. The van der Waals surface area contributed by atoms with Crippen LogP contribution in [0, 0.1) is 0 Å². The van der Waals surface area contributed by atoms with E-state index in [1.54, 1.807) is 0 Å². The van der Waals surface area contributed by atoms with Crippen LogP contribution >= 0.6 is 11.6 Å². The zero-order valence-corrected chi connectivity index (χ0v) is 5.56. The molecule has 0 fully saturated rings. The maximum absolute atomic E-state index is 10.3. The van der Waals surface area contributed by atoms with Gasteiger partial charge in [0, 0.05) is 0 Å². The van der Waals surface area contributed by atoms with Crippen LogP contribution in [0.25, 0.3) is 0 Å². The number of rotatable bonds is 3. The fraction of sp³-hybridized carbons (Fsp3) is 0. The first-order valence-corrected chi connectivity index (χ1v) is 2.59. The second-order valence-electron chi connectivity index (χ2n) is 1.22. The van der Waals surface area contributed by atoms with Crippen LogP contribution in [0.3, 0.4) is 0 Å². The summed E-state index contributed by atoms with van der Waals surface area (Å²) in [5, 5.41) is -0.620. The fourth-order valence-electron chi connectivity index (χ4n) is 0.292. The predicted octanol–water partition coefficient (Wildman–Crippen LogP) is 1.52. The van der Waals surface area contributed by atoms with Crippen molar-refractivity contribution < 1.29 is 4.79 Å². The molecule has 0 N–H and O–H groups in total. The highest BCUT2D eigenvalue weighted by atomic mass is 35.5. The Kier molecular flexibility index (Phi) is 3.64. The van der Waals surface area contributed by atoms with Crippen molar-refractivity contribution in [2.45, 2.75) is 0 Å². The lowest BCUT2D eigenvalue weighted by Crippen LogP contribution is -1.87. The van der Waals surface area contributed by atoms with Gasteiger partial charge in [-0.3, -0.25) is 9.79 Å². The Morgan fingerprint density at radius 3 is 2.33 bits per heavy atom. The zero-order chi connectivity index (χ0) is 7.28. The van der Waals surface area contributed by atoms with Gasteiger partial charge in [-0.2, -0.15) is 0 Å². The highest BCUT2D eigenvalue weighted by molar-refractivity contribution is 6.67. The lowest BCUT2D eigenvalue weighted by Gasteiger charge is -1.86. The molecule has 0 aromatic rings. The molecule has 0 bridgehead atoms. The van der Waals surface area contributed by atoms with Gasteiger partial charge in [0.05, 0.1) is 0 Å². The second-order valence-corrected chi connectivity index (χ2v) is 1.56. The number of nitrogens with zero attached hydrogens (tertiary/aromatic N) is 1. The lowest BCUT2D eigenvalue weighted by atomic mass is 10.4. The van der Waals surface area contributed by atoms with Crippen LogP contribution in [0.1, 0.15) is 0 Å². The minimum Gasteiger partial charge on any atom is -0.274 e. The topological polar surface area (TPSA) is 29.4 Å². The summed E-state index contributed by atoms with van der Waals surface area (Å²) in [5.41, 5.74) is 0.117. The Morgan fingerprint density at radius 2 is 2.22 bits per heavy atom. The van der Waals surface area contributed by atoms with Gasteiger partial charge in [-0.05, 0) is 24.4 Å². The summed E-state index contributed by atoms with van der Waals surface area (Å²) in [7, 11) is 0. The number of halogens is 1. The minimum absolute atomic E-state index is 0.117. The molecule has 0 spiro atoms. The van der Waals surface area contributed by atoms with E-state index < -0.39 is 5.24 Å². The predicted molar refractivity (Wildman–Crippen MR) is 38.7 cm³/mol. The van der Waals surface area contributed by atoms with E-state index in [0.29, 0.717) is 0 Å². The Bertz CT molecular complexity index is 172. The van der Waals surface area contributed by atoms with E-state index >= 15 is 0 Å². The van der Waals surface area contributed by atoms with Crippen molar-refractivity contribution in [2.75, 3.05) is 0 Å².